The first-order chi connectivity index (χ1) is 11.8. The van der Waals surface area contributed by atoms with Gasteiger partial charge in [0.2, 0.25) is 11.8 Å². The molecule has 0 fully saturated rings. The molecule has 134 valence electrons. The first-order valence-electron chi connectivity index (χ1n) is 7.68. The average Bonchev–Trinajstić information content (AvgIpc) is 2.87. The predicted octanol–water partition coefficient (Wildman–Crippen LogP) is 0.534. The number of nitro benzene ring substituents is 1. The van der Waals surface area contributed by atoms with Gasteiger partial charge in [-0.1, -0.05) is 6.92 Å². The number of nitrogens with zero attached hydrogens (tertiary/aromatic N) is 2. The average molecular weight is 350 g/mol. The smallest absolute Gasteiger partial charge is 0.407 e. The Kier molecular flexibility index (Phi) is 5.52. The highest BCUT2D eigenvalue weighted by Gasteiger charge is 2.19. The second-order valence-electron chi connectivity index (χ2n) is 5.44. The SMILES string of the molecule is CCCNC(=O)[C@H](C)NC(=O)Cn1c(=O)oc2cc([N+](=O)[O-])ccc21. The van der Waals surface area contributed by atoms with Crippen LogP contribution in [0.3, 0.4) is 0 Å². The molecule has 1 aromatic heterocycles. The molecule has 0 aliphatic heterocycles. The topological polar surface area (TPSA) is 136 Å². The minimum absolute atomic E-state index is 0.0146. The molecular formula is C15H18N4O6. The lowest BCUT2D eigenvalue weighted by Crippen LogP contribution is -2.46. The van der Waals surface area contributed by atoms with E-state index in [4.69, 9.17) is 4.42 Å². The number of rotatable bonds is 7. The molecule has 0 saturated carbocycles. The van der Waals surface area contributed by atoms with E-state index < -0.39 is 22.6 Å². The van der Waals surface area contributed by atoms with E-state index in [0.29, 0.717) is 6.54 Å². The highest BCUT2D eigenvalue weighted by atomic mass is 16.6. The minimum Gasteiger partial charge on any atom is -0.407 e. The molecule has 0 radical (unpaired) electrons. The van der Waals surface area contributed by atoms with E-state index in [-0.39, 0.29) is 29.2 Å². The second-order valence-corrected chi connectivity index (χ2v) is 5.44. The van der Waals surface area contributed by atoms with Gasteiger partial charge in [-0.25, -0.2) is 4.79 Å². The Bertz CT molecular complexity index is 869. The van der Waals surface area contributed by atoms with Crippen molar-refractivity contribution in [3.8, 4) is 0 Å². The Labute approximate surface area is 141 Å². The van der Waals surface area contributed by atoms with E-state index in [1.54, 1.807) is 0 Å². The summed E-state index contributed by atoms with van der Waals surface area (Å²) in [4.78, 5) is 45.8. The summed E-state index contributed by atoms with van der Waals surface area (Å²) in [7, 11) is 0. The Morgan fingerprint density at radius 3 is 2.76 bits per heavy atom. The van der Waals surface area contributed by atoms with Crippen LogP contribution in [0.1, 0.15) is 20.3 Å². The molecule has 0 unspecified atom stereocenters. The van der Waals surface area contributed by atoms with Gasteiger partial charge in [0.05, 0.1) is 16.5 Å². The molecule has 1 aromatic carbocycles. The molecule has 0 spiro atoms. The standard InChI is InChI=1S/C15H18N4O6/c1-3-6-16-14(21)9(2)17-13(20)8-18-11-5-4-10(19(23)24)7-12(11)25-15(18)22/h4-5,7,9H,3,6,8H2,1-2H3,(H,16,21)(H,17,20)/t9-/m0/s1. The number of non-ortho nitro benzene ring substituents is 1. The maximum atomic E-state index is 12.1. The van der Waals surface area contributed by atoms with Gasteiger partial charge in [-0.05, 0) is 19.4 Å². The van der Waals surface area contributed by atoms with Crippen LogP contribution < -0.4 is 16.4 Å². The molecule has 0 saturated heterocycles. The first-order valence-corrected chi connectivity index (χ1v) is 7.68. The van der Waals surface area contributed by atoms with Gasteiger partial charge in [0.1, 0.15) is 12.6 Å². The molecule has 1 heterocycles. The largest absolute Gasteiger partial charge is 0.420 e. The number of amides is 2. The summed E-state index contributed by atoms with van der Waals surface area (Å²) in [5.74, 6) is -1.69. The Morgan fingerprint density at radius 1 is 1.40 bits per heavy atom. The van der Waals surface area contributed by atoms with E-state index in [1.165, 1.54) is 19.1 Å². The summed E-state index contributed by atoms with van der Waals surface area (Å²) in [6.45, 7) is 3.57. The predicted molar refractivity (Wildman–Crippen MR) is 88.0 cm³/mol. The molecule has 2 aromatic rings. The number of fused-ring (bicyclic) bond motifs is 1. The van der Waals surface area contributed by atoms with Gasteiger partial charge in [-0.2, -0.15) is 0 Å². The van der Waals surface area contributed by atoms with Gasteiger partial charge in [-0.15, -0.1) is 0 Å². The fourth-order valence-electron chi connectivity index (χ4n) is 2.22. The third-order valence-corrected chi connectivity index (χ3v) is 3.48. The van der Waals surface area contributed by atoms with E-state index in [9.17, 15) is 24.5 Å². The van der Waals surface area contributed by atoms with Gasteiger partial charge >= 0.3 is 5.76 Å². The molecule has 10 heteroatoms. The molecule has 10 nitrogen and oxygen atoms in total. The van der Waals surface area contributed by atoms with Crippen LogP contribution in [-0.4, -0.2) is 33.9 Å². The van der Waals surface area contributed by atoms with Crippen molar-refractivity contribution in [1.82, 2.24) is 15.2 Å². The Hall–Kier alpha value is -3.17. The number of hydrogen-bond acceptors (Lipinski definition) is 6. The van der Waals surface area contributed by atoms with E-state index in [2.05, 4.69) is 10.6 Å². The highest BCUT2D eigenvalue weighted by molar-refractivity contribution is 5.87. The molecule has 0 aliphatic rings. The summed E-state index contributed by atoms with van der Waals surface area (Å²) < 4.78 is 5.99. The van der Waals surface area contributed by atoms with Crippen molar-refractivity contribution in [2.24, 2.45) is 0 Å². The Balaban J connectivity index is 2.13. The number of nitro groups is 1. The van der Waals surface area contributed by atoms with Crippen molar-refractivity contribution in [2.75, 3.05) is 6.54 Å². The van der Waals surface area contributed by atoms with Crippen LogP contribution in [0.15, 0.2) is 27.4 Å². The molecule has 2 amide bonds. The number of aromatic nitrogens is 1. The van der Waals surface area contributed by atoms with Crippen LogP contribution in [0.25, 0.3) is 11.1 Å². The summed E-state index contributed by atoms with van der Waals surface area (Å²) in [5.41, 5.74) is 0.0497. The molecule has 1 atom stereocenters. The molecule has 0 bridgehead atoms. The third-order valence-electron chi connectivity index (χ3n) is 3.48. The minimum atomic E-state index is -0.811. The van der Waals surface area contributed by atoms with Crippen LogP contribution in [0.4, 0.5) is 5.69 Å². The van der Waals surface area contributed by atoms with Crippen molar-refractivity contribution in [3.63, 3.8) is 0 Å². The molecule has 25 heavy (non-hydrogen) atoms. The molecule has 2 N–H and O–H groups in total. The molecular weight excluding hydrogens is 332 g/mol. The summed E-state index contributed by atoms with van der Waals surface area (Å²) in [6.07, 6.45) is 0.773. The van der Waals surface area contributed by atoms with Crippen LogP contribution in [0, 0.1) is 10.1 Å². The lowest BCUT2D eigenvalue weighted by Gasteiger charge is -2.13. The summed E-state index contributed by atoms with van der Waals surface area (Å²) >= 11 is 0. The maximum Gasteiger partial charge on any atom is 0.420 e. The number of nitrogens with one attached hydrogen (secondary N) is 2. The van der Waals surface area contributed by atoms with Crippen LogP contribution >= 0.6 is 0 Å². The molecule has 2 rings (SSSR count). The van der Waals surface area contributed by atoms with Crippen molar-refractivity contribution < 1.29 is 18.9 Å². The van der Waals surface area contributed by atoms with Gasteiger partial charge in [-0.3, -0.25) is 24.3 Å². The number of carbonyl (C=O) groups is 2. The van der Waals surface area contributed by atoms with Gasteiger partial charge in [0.25, 0.3) is 5.69 Å². The number of oxazole rings is 1. The highest BCUT2D eigenvalue weighted by Crippen LogP contribution is 2.19. The fraction of sp³-hybridized carbons (Fsp3) is 0.400. The third kappa shape index (κ3) is 4.22. The van der Waals surface area contributed by atoms with Gasteiger partial charge in [0, 0.05) is 12.6 Å². The molecule has 0 aliphatic carbocycles. The zero-order valence-electron chi connectivity index (χ0n) is 13.8. The summed E-state index contributed by atoms with van der Waals surface area (Å²) in [5, 5.41) is 15.9. The van der Waals surface area contributed by atoms with Crippen LogP contribution in [0.2, 0.25) is 0 Å². The second kappa shape index (κ2) is 7.60. The lowest BCUT2D eigenvalue weighted by atomic mass is 10.3. The van der Waals surface area contributed by atoms with E-state index >= 15 is 0 Å². The lowest BCUT2D eigenvalue weighted by molar-refractivity contribution is -0.384. The van der Waals surface area contributed by atoms with Crippen molar-refractivity contribution in [1.29, 1.82) is 0 Å². The number of carbonyl (C=O) groups excluding carboxylic acids is 2. The maximum absolute atomic E-state index is 12.1. The normalized spacial score (nSPS) is 11.9. The van der Waals surface area contributed by atoms with E-state index in [1.807, 2.05) is 6.92 Å². The van der Waals surface area contributed by atoms with Crippen molar-refractivity contribution >= 4 is 28.6 Å². The van der Waals surface area contributed by atoms with Gasteiger partial charge in [0.15, 0.2) is 5.58 Å². The monoisotopic (exact) mass is 350 g/mol. The first kappa shape index (κ1) is 18.2. The fourth-order valence-corrected chi connectivity index (χ4v) is 2.22. The van der Waals surface area contributed by atoms with Gasteiger partial charge < -0.3 is 15.1 Å². The van der Waals surface area contributed by atoms with Crippen molar-refractivity contribution in [2.45, 2.75) is 32.9 Å². The quantitative estimate of drug-likeness (QED) is 0.552. The zero-order valence-corrected chi connectivity index (χ0v) is 13.8. The van der Waals surface area contributed by atoms with Crippen molar-refractivity contribution in [3.05, 3.63) is 38.9 Å². The van der Waals surface area contributed by atoms with Crippen LogP contribution in [-0.2, 0) is 16.1 Å². The zero-order chi connectivity index (χ0) is 18.6. The number of benzene rings is 1. The van der Waals surface area contributed by atoms with E-state index in [0.717, 1.165) is 17.1 Å². The Morgan fingerprint density at radius 2 is 2.12 bits per heavy atom. The summed E-state index contributed by atoms with van der Waals surface area (Å²) in [6, 6.07) is 2.91. The van der Waals surface area contributed by atoms with Crippen LogP contribution in [0.5, 0.6) is 0 Å². The number of hydrogen-bond donors (Lipinski definition) is 2.